The predicted molar refractivity (Wildman–Crippen MR) is 143 cm³/mol. The summed E-state index contributed by atoms with van der Waals surface area (Å²) in [5, 5.41) is 26.0. The van der Waals surface area contributed by atoms with Crippen molar-refractivity contribution in [2.45, 2.75) is 109 Å². The summed E-state index contributed by atoms with van der Waals surface area (Å²) in [6, 6.07) is -0.552. The average Bonchev–Trinajstić information content (AvgIpc) is 3.74. The van der Waals surface area contributed by atoms with Crippen LogP contribution in [0.5, 0.6) is 0 Å². The Kier molecular flexibility index (Phi) is 7.99. The lowest BCUT2D eigenvalue weighted by atomic mass is 9.58. The Hall–Kier alpha value is -2.20. The molecule has 4 aliphatic rings. The SMILES string of the molecule is Cc1nc(/C=C(\Cl)C2CC3OC3(C)CCCC(C)C(O)C(CC3=CO3)C(=O)C3(CCC3)C(O)CC(=O)N2)co1. The molecule has 9 nitrogen and oxygen atoms in total. The Labute approximate surface area is 234 Å². The summed E-state index contributed by atoms with van der Waals surface area (Å²) in [6.07, 6.45) is 7.23. The van der Waals surface area contributed by atoms with Crippen LogP contribution in [0.3, 0.4) is 0 Å². The second-order valence-corrected chi connectivity index (χ2v) is 12.5. The molecule has 1 aromatic heterocycles. The number of aliphatic hydroxyl groups is 2. The van der Waals surface area contributed by atoms with Crippen molar-refractivity contribution in [2.24, 2.45) is 17.3 Å². The maximum absolute atomic E-state index is 14.0. The molecule has 7 unspecified atom stereocenters. The maximum Gasteiger partial charge on any atom is 0.223 e. The zero-order valence-corrected chi connectivity index (χ0v) is 23.6. The van der Waals surface area contributed by atoms with Crippen LogP contribution in [-0.4, -0.2) is 56.8 Å². The molecule has 39 heavy (non-hydrogen) atoms. The molecule has 1 amide bonds. The maximum atomic E-state index is 14.0. The number of nitrogens with zero attached hydrogens (tertiary/aromatic N) is 1. The second kappa shape index (κ2) is 11.0. The van der Waals surface area contributed by atoms with Crippen molar-refractivity contribution in [3.05, 3.63) is 34.9 Å². The number of halogens is 1. The minimum Gasteiger partial charge on any atom is -0.463 e. The largest absolute Gasteiger partial charge is 0.463 e. The molecular weight excluding hydrogens is 524 g/mol. The number of fused-ring (bicyclic) bond motifs is 1. The first kappa shape index (κ1) is 28.3. The first-order valence-electron chi connectivity index (χ1n) is 14.0. The Bertz CT molecular complexity index is 1160. The number of Topliss-reactive ketones (excluding diaryl/α,β-unsaturated/α-hetero) is 1. The summed E-state index contributed by atoms with van der Waals surface area (Å²) in [6.45, 7) is 5.75. The molecule has 7 atom stereocenters. The monoisotopic (exact) mass is 562 g/mol. The van der Waals surface area contributed by atoms with Crippen molar-refractivity contribution in [3.8, 4) is 0 Å². The molecule has 0 bridgehead atoms. The van der Waals surface area contributed by atoms with Gasteiger partial charge in [-0.1, -0.05) is 31.4 Å². The molecule has 4 heterocycles. The van der Waals surface area contributed by atoms with Gasteiger partial charge in [-0.05, 0) is 44.6 Å². The van der Waals surface area contributed by atoms with Gasteiger partial charge in [0.1, 0.15) is 29.8 Å². The van der Waals surface area contributed by atoms with Gasteiger partial charge in [-0.3, -0.25) is 9.59 Å². The van der Waals surface area contributed by atoms with Crippen LogP contribution in [0, 0.1) is 24.2 Å². The number of nitrogens with one attached hydrogen (secondary N) is 1. The molecule has 1 aliphatic carbocycles. The first-order chi connectivity index (χ1) is 18.5. The van der Waals surface area contributed by atoms with Gasteiger partial charge in [-0.2, -0.15) is 0 Å². The highest BCUT2D eigenvalue weighted by molar-refractivity contribution is 6.32. The summed E-state index contributed by atoms with van der Waals surface area (Å²) in [7, 11) is 0. The van der Waals surface area contributed by atoms with Crippen LogP contribution in [0.2, 0.25) is 0 Å². The van der Waals surface area contributed by atoms with Gasteiger partial charge in [-0.25, -0.2) is 4.98 Å². The number of ketones is 1. The lowest BCUT2D eigenvalue weighted by molar-refractivity contribution is -0.155. The topological polar surface area (TPSA) is 138 Å². The number of hydrogen-bond acceptors (Lipinski definition) is 8. The number of epoxide rings is 1. The number of hydrogen-bond donors (Lipinski definition) is 3. The molecule has 0 aromatic carbocycles. The Morgan fingerprint density at radius 2 is 2.00 bits per heavy atom. The summed E-state index contributed by atoms with van der Waals surface area (Å²) >= 11 is 6.71. The number of aliphatic hydroxyl groups excluding tert-OH is 2. The Morgan fingerprint density at radius 3 is 2.62 bits per heavy atom. The van der Waals surface area contributed by atoms with Crippen LogP contribution in [0.15, 0.2) is 27.7 Å². The minimum atomic E-state index is -1.17. The number of amides is 1. The molecule has 1 saturated carbocycles. The van der Waals surface area contributed by atoms with Gasteiger partial charge in [-0.15, -0.1) is 0 Å². The number of ether oxygens (including phenoxy) is 2. The molecule has 3 aliphatic heterocycles. The minimum absolute atomic E-state index is 0.103. The number of aryl methyl sites for hydroxylation is 1. The third-order valence-corrected chi connectivity index (χ3v) is 9.57. The van der Waals surface area contributed by atoms with Crippen LogP contribution in [0.25, 0.3) is 6.08 Å². The van der Waals surface area contributed by atoms with Crippen LogP contribution >= 0.6 is 11.6 Å². The average molecular weight is 563 g/mol. The lowest BCUT2D eigenvalue weighted by Crippen LogP contribution is -2.54. The molecule has 2 saturated heterocycles. The van der Waals surface area contributed by atoms with Gasteiger partial charge in [0.25, 0.3) is 0 Å². The zero-order chi connectivity index (χ0) is 27.9. The number of carbonyl (C=O) groups is 2. The van der Waals surface area contributed by atoms with E-state index in [1.165, 1.54) is 6.26 Å². The van der Waals surface area contributed by atoms with Crippen molar-refractivity contribution in [1.29, 1.82) is 0 Å². The summed E-state index contributed by atoms with van der Waals surface area (Å²) in [4.78, 5) is 31.5. The number of oxazole rings is 1. The van der Waals surface area contributed by atoms with Crippen LogP contribution < -0.4 is 5.32 Å². The van der Waals surface area contributed by atoms with Gasteiger partial charge in [0.15, 0.2) is 5.89 Å². The number of rotatable bonds is 4. The summed E-state index contributed by atoms with van der Waals surface area (Å²) in [5.74, 6) is -0.208. The lowest BCUT2D eigenvalue weighted by Gasteiger charge is -2.46. The van der Waals surface area contributed by atoms with Crippen molar-refractivity contribution in [2.75, 3.05) is 0 Å². The van der Waals surface area contributed by atoms with Crippen molar-refractivity contribution < 1.29 is 33.7 Å². The summed E-state index contributed by atoms with van der Waals surface area (Å²) in [5.41, 5.74) is -0.865. The quantitative estimate of drug-likeness (QED) is 0.465. The van der Waals surface area contributed by atoms with Gasteiger partial charge < -0.3 is 29.4 Å². The van der Waals surface area contributed by atoms with E-state index < -0.39 is 35.5 Å². The van der Waals surface area contributed by atoms with Gasteiger partial charge in [0, 0.05) is 24.8 Å². The van der Waals surface area contributed by atoms with Gasteiger partial charge in [0.05, 0.1) is 47.7 Å². The second-order valence-electron chi connectivity index (χ2n) is 12.1. The van der Waals surface area contributed by atoms with E-state index in [2.05, 4.69) is 10.3 Å². The fourth-order valence-corrected chi connectivity index (χ4v) is 6.57. The molecule has 3 N–H and O–H groups in total. The van der Waals surface area contributed by atoms with E-state index in [-0.39, 0.29) is 29.8 Å². The predicted octanol–water partition coefficient (Wildman–Crippen LogP) is 4.14. The van der Waals surface area contributed by atoms with Crippen LogP contribution in [0.1, 0.15) is 83.2 Å². The van der Waals surface area contributed by atoms with E-state index >= 15 is 0 Å². The van der Waals surface area contributed by atoms with E-state index in [0.29, 0.717) is 48.1 Å². The zero-order valence-electron chi connectivity index (χ0n) is 22.8. The van der Waals surface area contributed by atoms with E-state index in [0.717, 1.165) is 25.7 Å². The van der Waals surface area contributed by atoms with Gasteiger partial charge >= 0.3 is 0 Å². The van der Waals surface area contributed by atoms with E-state index in [4.69, 9.17) is 25.5 Å². The van der Waals surface area contributed by atoms with E-state index in [1.807, 2.05) is 13.8 Å². The third-order valence-electron chi connectivity index (χ3n) is 9.20. The standard InChI is InChI=1S/C29H39ClN2O7/c1-16-6-4-7-28(3)24(39-28)12-22(21(30)10-18-14-37-17(2)31-18)32-25(34)13-23(33)29(8-5-9-29)27(36)20(26(16)35)11-19-15-38-19/h10,14-16,20,22-24,26,33,35H,4-9,11-13H2,1-3H3,(H,32,34)/b21-10-. The molecule has 1 spiro atoms. The normalized spacial score (nSPS) is 37.3. The molecular formula is C29H39ClN2O7. The van der Waals surface area contributed by atoms with Crippen molar-refractivity contribution in [3.63, 3.8) is 0 Å². The van der Waals surface area contributed by atoms with E-state index in [1.54, 1.807) is 19.3 Å². The molecule has 5 rings (SSSR count). The number of carbonyl (C=O) groups excluding carboxylic acids is 2. The van der Waals surface area contributed by atoms with Crippen molar-refractivity contribution in [1.82, 2.24) is 10.3 Å². The smallest absolute Gasteiger partial charge is 0.223 e. The van der Waals surface area contributed by atoms with Crippen molar-refractivity contribution >= 4 is 29.4 Å². The highest BCUT2D eigenvalue weighted by Crippen LogP contribution is 2.50. The molecule has 214 valence electrons. The summed E-state index contributed by atoms with van der Waals surface area (Å²) < 4.78 is 16.6. The molecule has 3 fully saturated rings. The molecule has 10 heteroatoms. The van der Waals surface area contributed by atoms with E-state index in [9.17, 15) is 19.8 Å². The van der Waals surface area contributed by atoms with Crippen LogP contribution in [-0.2, 0) is 19.1 Å². The molecule has 0 radical (unpaired) electrons. The van der Waals surface area contributed by atoms with Crippen LogP contribution in [0.4, 0.5) is 0 Å². The van der Waals surface area contributed by atoms with Gasteiger partial charge in [0.2, 0.25) is 5.91 Å². The molecule has 1 aromatic rings. The third kappa shape index (κ3) is 6.11. The Balaban J connectivity index is 1.40. The number of allylic oxidation sites excluding steroid dienone is 1. The fourth-order valence-electron chi connectivity index (χ4n) is 6.31. The number of aromatic nitrogens is 1. The first-order valence-corrected chi connectivity index (χ1v) is 14.4. The highest BCUT2D eigenvalue weighted by Gasteiger charge is 2.55. The fraction of sp³-hybridized carbons (Fsp3) is 0.690. The Morgan fingerprint density at radius 1 is 1.26 bits per heavy atom. The highest BCUT2D eigenvalue weighted by atomic mass is 35.5.